The topological polar surface area (TPSA) is 219 Å². The molecule has 0 amide bonds. The number of aromatic nitrogens is 8. The average molecular weight is 995 g/mol. The second-order valence-electron chi connectivity index (χ2n) is 19.8. The first-order valence-corrected chi connectivity index (χ1v) is 27.4. The molecule has 394 valence electrons. The molecule has 0 bridgehead atoms. The van der Waals surface area contributed by atoms with Gasteiger partial charge in [-0.05, 0) is 36.8 Å². The van der Waals surface area contributed by atoms with Gasteiger partial charge in [0.2, 0.25) is 0 Å². The molecule has 0 aliphatic heterocycles. The van der Waals surface area contributed by atoms with Crippen molar-refractivity contribution in [1.82, 2.24) is 38.2 Å². The van der Waals surface area contributed by atoms with E-state index in [-0.39, 0.29) is 22.3 Å². The largest absolute Gasteiger partial charge is 0.328 e. The zero-order chi connectivity index (χ0) is 51.8. The number of aromatic amines is 4. The molecule has 0 radical (unpaired) electrons. The van der Waals surface area contributed by atoms with Crippen LogP contribution in [0.15, 0.2) is 87.4 Å². The van der Waals surface area contributed by atoms with Crippen LogP contribution in [0.5, 0.6) is 0 Å². The first-order valence-electron chi connectivity index (χ1n) is 27.4. The SMILES string of the molecule is CCCCCCCCn1cc(C(c2ccc(C(c3cn(CCCCCCCC)c(=O)[nH]c3=O)c3cn(CCCCCCCC)c(=O)[nH]c3=O)cc2)c2cn(CCCCCCCC)c(=O)[nH]c2=O)c(=O)[nH]c1=O. The molecule has 5 aromatic rings. The van der Waals surface area contributed by atoms with Crippen LogP contribution in [0.3, 0.4) is 0 Å². The van der Waals surface area contributed by atoms with E-state index >= 15 is 0 Å². The lowest BCUT2D eigenvalue weighted by atomic mass is 9.83. The maximum absolute atomic E-state index is 14.0. The predicted octanol–water partition coefficient (Wildman–Crippen LogP) is 8.89. The molecule has 5 rings (SSSR count). The monoisotopic (exact) mass is 995 g/mol. The molecular weight excluding hydrogens is 913 g/mol. The minimum Gasteiger partial charge on any atom is -0.300 e. The van der Waals surface area contributed by atoms with Crippen molar-refractivity contribution >= 4 is 0 Å². The Morgan fingerprint density at radius 3 is 0.708 bits per heavy atom. The van der Waals surface area contributed by atoms with Gasteiger partial charge in [0.15, 0.2) is 0 Å². The number of unbranched alkanes of at least 4 members (excludes halogenated alkanes) is 20. The highest BCUT2D eigenvalue weighted by Gasteiger charge is 2.29. The number of hydrogen-bond donors (Lipinski definition) is 4. The Bertz CT molecular complexity index is 2560. The van der Waals surface area contributed by atoms with Gasteiger partial charge in [0.25, 0.3) is 22.2 Å². The third-order valence-corrected chi connectivity index (χ3v) is 14.0. The van der Waals surface area contributed by atoms with Gasteiger partial charge in [0, 0.05) is 85.1 Å². The van der Waals surface area contributed by atoms with E-state index in [1.54, 1.807) is 24.3 Å². The Labute approximate surface area is 422 Å². The van der Waals surface area contributed by atoms with Crippen molar-refractivity contribution in [3.63, 3.8) is 0 Å². The lowest BCUT2D eigenvalue weighted by molar-refractivity contribution is 0.536. The second kappa shape index (κ2) is 30.1. The zero-order valence-electron chi connectivity index (χ0n) is 43.6. The molecule has 0 saturated carbocycles. The first-order chi connectivity index (χ1) is 34.9. The Kier molecular flexibility index (Phi) is 23.8. The molecule has 0 saturated heterocycles. The van der Waals surface area contributed by atoms with E-state index in [0.717, 1.165) is 128 Å². The quantitative estimate of drug-likeness (QED) is 0.0291. The Morgan fingerprint density at radius 2 is 0.500 bits per heavy atom. The normalized spacial score (nSPS) is 11.6. The summed E-state index contributed by atoms with van der Waals surface area (Å²) in [5.74, 6) is -2.13. The molecule has 0 fully saturated rings. The fourth-order valence-electron chi connectivity index (χ4n) is 9.78. The third kappa shape index (κ3) is 16.5. The van der Waals surface area contributed by atoms with E-state index in [1.807, 2.05) is 0 Å². The van der Waals surface area contributed by atoms with Crippen molar-refractivity contribution in [2.45, 2.75) is 220 Å². The van der Waals surface area contributed by atoms with Gasteiger partial charge >= 0.3 is 22.8 Å². The van der Waals surface area contributed by atoms with Crippen LogP contribution in [0, 0.1) is 0 Å². The standard InChI is InChI=1S/C56H82N8O8/c1-5-9-13-17-21-25-33-61-37-43(49(65)57-53(61)69)47(44-38-62(54(70)58-50(44)66)34-26-22-18-14-10-6-2)41-29-31-42(32-30-41)48(45-39-63(55(71)59-51(45)67)35-27-23-19-15-11-7-3)46-40-64(56(72)60-52(46)68)36-28-24-20-16-12-8-4/h29-32,37-40,47-48H,5-28,33-36H2,1-4H3,(H,57,65,69)(H,58,66,70)(H,59,67,71)(H,60,68,72). The smallest absolute Gasteiger partial charge is 0.300 e. The fourth-order valence-corrected chi connectivity index (χ4v) is 9.78. The molecule has 0 spiro atoms. The summed E-state index contributed by atoms with van der Waals surface area (Å²) in [6, 6.07) is 6.83. The molecule has 0 aliphatic rings. The van der Waals surface area contributed by atoms with E-state index in [0.29, 0.717) is 63.0 Å². The molecule has 16 heteroatoms. The number of rotatable bonds is 34. The van der Waals surface area contributed by atoms with Gasteiger partial charge in [-0.1, -0.05) is 180 Å². The molecule has 4 N–H and O–H groups in total. The number of aryl methyl sites for hydroxylation is 4. The highest BCUT2D eigenvalue weighted by molar-refractivity contribution is 5.45. The summed E-state index contributed by atoms with van der Waals surface area (Å²) in [5, 5.41) is 0. The Morgan fingerprint density at radius 1 is 0.306 bits per heavy atom. The highest BCUT2D eigenvalue weighted by Crippen LogP contribution is 2.32. The predicted molar refractivity (Wildman–Crippen MR) is 287 cm³/mol. The van der Waals surface area contributed by atoms with Crippen LogP contribution < -0.4 is 45.0 Å². The Balaban J connectivity index is 1.65. The van der Waals surface area contributed by atoms with Crippen molar-refractivity contribution in [2.24, 2.45) is 0 Å². The maximum Gasteiger partial charge on any atom is 0.328 e. The number of nitrogens with one attached hydrogen (secondary N) is 4. The average Bonchev–Trinajstić information content (AvgIpc) is 3.35. The van der Waals surface area contributed by atoms with Gasteiger partial charge in [0.05, 0.1) is 0 Å². The van der Waals surface area contributed by atoms with Gasteiger partial charge in [-0.2, -0.15) is 0 Å². The molecular formula is C56H82N8O8. The van der Waals surface area contributed by atoms with Crippen molar-refractivity contribution in [3.8, 4) is 0 Å². The highest BCUT2D eigenvalue weighted by atomic mass is 16.2. The molecule has 4 aromatic heterocycles. The van der Waals surface area contributed by atoms with Crippen LogP contribution >= 0.6 is 0 Å². The van der Waals surface area contributed by atoms with Gasteiger partial charge in [-0.15, -0.1) is 0 Å². The summed E-state index contributed by atoms with van der Waals surface area (Å²) in [5.41, 5.74) is -3.58. The molecule has 16 nitrogen and oxygen atoms in total. The van der Waals surface area contributed by atoms with Crippen molar-refractivity contribution in [3.05, 3.63) is 166 Å². The van der Waals surface area contributed by atoms with Gasteiger partial charge < -0.3 is 18.3 Å². The summed E-state index contributed by atoms with van der Waals surface area (Å²) < 4.78 is 5.86. The molecule has 0 unspecified atom stereocenters. The van der Waals surface area contributed by atoms with E-state index in [4.69, 9.17) is 0 Å². The van der Waals surface area contributed by atoms with Gasteiger partial charge in [0.1, 0.15) is 0 Å². The Hall–Kier alpha value is -6.06. The lowest BCUT2D eigenvalue weighted by Gasteiger charge is -2.22. The van der Waals surface area contributed by atoms with Crippen LogP contribution in [0.4, 0.5) is 0 Å². The van der Waals surface area contributed by atoms with Crippen LogP contribution in [-0.4, -0.2) is 38.2 Å². The summed E-state index contributed by atoms with van der Waals surface area (Å²) in [4.78, 5) is 119. The molecule has 0 atom stereocenters. The van der Waals surface area contributed by atoms with Crippen LogP contribution in [-0.2, 0) is 26.2 Å². The molecule has 0 aliphatic carbocycles. The van der Waals surface area contributed by atoms with Crippen LogP contribution in [0.1, 0.15) is 227 Å². The molecule has 72 heavy (non-hydrogen) atoms. The zero-order valence-corrected chi connectivity index (χ0v) is 43.6. The van der Waals surface area contributed by atoms with E-state index in [2.05, 4.69) is 47.6 Å². The summed E-state index contributed by atoms with van der Waals surface area (Å²) in [6.45, 7) is 9.99. The molecule has 1 aromatic carbocycles. The first kappa shape index (κ1) is 56.8. The lowest BCUT2D eigenvalue weighted by Crippen LogP contribution is -2.37. The van der Waals surface area contributed by atoms with E-state index in [9.17, 15) is 38.4 Å². The van der Waals surface area contributed by atoms with Gasteiger partial charge in [-0.25, -0.2) is 19.2 Å². The van der Waals surface area contributed by atoms with Gasteiger partial charge in [-0.3, -0.25) is 39.1 Å². The van der Waals surface area contributed by atoms with E-state index in [1.165, 1.54) is 43.1 Å². The van der Waals surface area contributed by atoms with Crippen molar-refractivity contribution < 1.29 is 0 Å². The second-order valence-corrected chi connectivity index (χ2v) is 19.8. The van der Waals surface area contributed by atoms with Crippen molar-refractivity contribution in [2.75, 3.05) is 0 Å². The number of benzene rings is 1. The third-order valence-electron chi connectivity index (χ3n) is 14.0. The summed E-state index contributed by atoms with van der Waals surface area (Å²) >= 11 is 0. The number of nitrogens with zero attached hydrogens (tertiary/aromatic N) is 4. The summed E-state index contributed by atoms with van der Waals surface area (Å²) in [7, 11) is 0. The minimum absolute atomic E-state index is 0.122. The number of H-pyrrole nitrogens is 4. The molecule has 4 heterocycles. The number of hydrogen-bond acceptors (Lipinski definition) is 8. The van der Waals surface area contributed by atoms with Crippen molar-refractivity contribution in [1.29, 1.82) is 0 Å². The van der Waals surface area contributed by atoms with Crippen LogP contribution in [0.2, 0.25) is 0 Å². The van der Waals surface area contributed by atoms with Crippen LogP contribution in [0.25, 0.3) is 0 Å². The fraction of sp³-hybridized carbons (Fsp3) is 0.607. The summed E-state index contributed by atoms with van der Waals surface area (Å²) in [6.07, 6.45) is 29.8. The van der Waals surface area contributed by atoms with E-state index < -0.39 is 56.8 Å². The maximum atomic E-state index is 14.0. The minimum atomic E-state index is -1.07.